The molecule has 0 atom stereocenters. The van der Waals surface area contributed by atoms with E-state index in [9.17, 15) is 4.79 Å². The van der Waals surface area contributed by atoms with Crippen molar-refractivity contribution in [2.45, 2.75) is 24.8 Å². The highest BCUT2D eigenvalue weighted by molar-refractivity contribution is 5.90. The van der Waals surface area contributed by atoms with Crippen LogP contribution in [0.25, 0.3) is 0 Å². The van der Waals surface area contributed by atoms with Gasteiger partial charge in [-0.25, -0.2) is 0 Å². The molecule has 1 fully saturated rings. The van der Waals surface area contributed by atoms with Crippen LogP contribution >= 0.6 is 0 Å². The molecule has 1 heterocycles. The number of hydrogen-bond acceptors (Lipinski definition) is 4. The number of methoxy groups -OCH3 is 1. The molecule has 5 nitrogen and oxygen atoms in total. The molecule has 19 heavy (non-hydrogen) atoms. The lowest BCUT2D eigenvalue weighted by Crippen LogP contribution is -2.39. The SMILES string of the molecule is COCC1(N(C)CCC(=O)Nc2cccnc2)CC1. The molecule has 0 aromatic carbocycles. The number of hydrogen-bond donors (Lipinski definition) is 1. The van der Waals surface area contributed by atoms with E-state index in [1.807, 2.05) is 6.07 Å². The van der Waals surface area contributed by atoms with E-state index < -0.39 is 0 Å². The molecule has 0 radical (unpaired) electrons. The number of aromatic nitrogens is 1. The molecule has 0 saturated heterocycles. The van der Waals surface area contributed by atoms with Gasteiger partial charge in [0.15, 0.2) is 0 Å². The monoisotopic (exact) mass is 263 g/mol. The van der Waals surface area contributed by atoms with Crippen LogP contribution in [0, 0.1) is 0 Å². The predicted octanol–water partition coefficient (Wildman–Crippen LogP) is 1.52. The molecule has 1 amide bonds. The number of carbonyl (C=O) groups is 1. The number of amides is 1. The third kappa shape index (κ3) is 3.75. The van der Waals surface area contributed by atoms with Gasteiger partial charge in [-0.1, -0.05) is 0 Å². The van der Waals surface area contributed by atoms with Gasteiger partial charge in [0.05, 0.1) is 18.5 Å². The summed E-state index contributed by atoms with van der Waals surface area (Å²) in [5.41, 5.74) is 0.914. The van der Waals surface area contributed by atoms with Crippen molar-refractivity contribution in [2.75, 3.05) is 32.6 Å². The molecule has 0 spiro atoms. The van der Waals surface area contributed by atoms with Crippen LogP contribution < -0.4 is 5.32 Å². The van der Waals surface area contributed by atoms with E-state index in [4.69, 9.17) is 4.74 Å². The molecule has 0 bridgehead atoms. The Kier molecular flexibility index (Phi) is 4.50. The molecule has 2 rings (SSSR count). The van der Waals surface area contributed by atoms with Gasteiger partial charge in [0.1, 0.15) is 0 Å². The van der Waals surface area contributed by atoms with Crippen molar-refractivity contribution >= 4 is 11.6 Å². The zero-order valence-corrected chi connectivity index (χ0v) is 11.6. The Balaban J connectivity index is 1.75. The summed E-state index contributed by atoms with van der Waals surface area (Å²) in [6, 6.07) is 3.64. The Morgan fingerprint density at radius 1 is 1.58 bits per heavy atom. The van der Waals surface area contributed by atoms with Gasteiger partial charge in [0.25, 0.3) is 0 Å². The number of anilines is 1. The van der Waals surface area contributed by atoms with E-state index in [-0.39, 0.29) is 11.4 Å². The lowest BCUT2D eigenvalue weighted by molar-refractivity contribution is -0.116. The Morgan fingerprint density at radius 3 is 2.95 bits per heavy atom. The van der Waals surface area contributed by atoms with Gasteiger partial charge in [-0.2, -0.15) is 0 Å². The van der Waals surface area contributed by atoms with Crippen LogP contribution in [-0.2, 0) is 9.53 Å². The summed E-state index contributed by atoms with van der Waals surface area (Å²) in [4.78, 5) is 18.0. The van der Waals surface area contributed by atoms with Crippen LogP contribution in [0.15, 0.2) is 24.5 Å². The maximum absolute atomic E-state index is 11.8. The zero-order chi connectivity index (χ0) is 13.7. The first kappa shape index (κ1) is 14.0. The largest absolute Gasteiger partial charge is 0.383 e. The smallest absolute Gasteiger partial charge is 0.225 e. The summed E-state index contributed by atoms with van der Waals surface area (Å²) < 4.78 is 5.24. The molecule has 104 valence electrons. The van der Waals surface area contributed by atoms with Crippen molar-refractivity contribution in [2.24, 2.45) is 0 Å². The maximum atomic E-state index is 11.8. The van der Waals surface area contributed by atoms with Gasteiger partial charge in [-0.3, -0.25) is 14.7 Å². The average Bonchev–Trinajstić information content (AvgIpc) is 3.18. The molecule has 1 aliphatic rings. The van der Waals surface area contributed by atoms with E-state index in [0.29, 0.717) is 6.42 Å². The quantitative estimate of drug-likeness (QED) is 0.810. The minimum absolute atomic E-state index is 0.0214. The van der Waals surface area contributed by atoms with Crippen LogP contribution in [0.2, 0.25) is 0 Å². The summed E-state index contributed by atoms with van der Waals surface area (Å²) in [6.07, 6.45) is 6.12. The summed E-state index contributed by atoms with van der Waals surface area (Å²) in [5.74, 6) is 0.0214. The van der Waals surface area contributed by atoms with Crippen LogP contribution in [0.1, 0.15) is 19.3 Å². The van der Waals surface area contributed by atoms with Crippen LogP contribution in [0.4, 0.5) is 5.69 Å². The fourth-order valence-electron chi connectivity index (χ4n) is 2.22. The maximum Gasteiger partial charge on any atom is 0.225 e. The predicted molar refractivity (Wildman–Crippen MR) is 74.0 cm³/mol. The summed E-state index contributed by atoms with van der Waals surface area (Å²) in [7, 11) is 3.78. The topological polar surface area (TPSA) is 54.5 Å². The number of rotatable bonds is 7. The number of pyridine rings is 1. The van der Waals surface area contributed by atoms with Gasteiger partial charge >= 0.3 is 0 Å². The van der Waals surface area contributed by atoms with E-state index in [1.165, 1.54) is 0 Å². The highest BCUT2D eigenvalue weighted by Crippen LogP contribution is 2.40. The summed E-state index contributed by atoms with van der Waals surface area (Å²) in [5, 5.41) is 2.84. The van der Waals surface area contributed by atoms with Gasteiger partial charge in [0, 0.05) is 31.8 Å². The molecule has 1 aromatic heterocycles. The van der Waals surface area contributed by atoms with Crippen LogP contribution in [0.3, 0.4) is 0 Å². The fourth-order valence-corrected chi connectivity index (χ4v) is 2.22. The van der Waals surface area contributed by atoms with E-state index >= 15 is 0 Å². The van der Waals surface area contributed by atoms with Crippen molar-refractivity contribution in [3.05, 3.63) is 24.5 Å². The molecule has 1 aromatic rings. The number of ether oxygens (including phenoxy) is 1. The molecular weight excluding hydrogens is 242 g/mol. The number of carbonyl (C=O) groups excluding carboxylic acids is 1. The Morgan fingerprint density at radius 2 is 2.37 bits per heavy atom. The fraction of sp³-hybridized carbons (Fsp3) is 0.571. The van der Waals surface area contributed by atoms with Gasteiger partial charge < -0.3 is 10.1 Å². The van der Waals surface area contributed by atoms with Crippen molar-refractivity contribution in [3.63, 3.8) is 0 Å². The second-order valence-electron chi connectivity index (χ2n) is 5.12. The number of nitrogens with one attached hydrogen (secondary N) is 1. The number of nitrogens with zero attached hydrogens (tertiary/aromatic N) is 2. The molecule has 1 saturated carbocycles. The van der Waals surface area contributed by atoms with Crippen LogP contribution in [0.5, 0.6) is 0 Å². The highest BCUT2D eigenvalue weighted by atomic mass is 16.5. The lowest BCUT2D eigenvalue weighted by atomic mass is 10.2. The third-order valence-electron chi connectivity index (χ3n) is 3.67. The Hall–Kier alpha value is -1.46. The van der Waals surface area contributed by atoms with Gasteiger partial charge in [-0.15, -0.1) is 0 Å². The van der Waals surface area contributed by atoms with Crippen molar-refractivity contribution in [1.82, 2.24) is 9.88 Å². The standard InChI is InChI=1S/C14H21N3O2/c1-17(14(6-7-14)11-19-2)9-5-13(18)16-12-4-3-8-15-10-12/h3-4,8,10H,5-7,9,11H2,1-2H3,(H,16,18). The minimum Gasteiger partial charge on any atom is -0.383 e. The molecule has 0 unspecified atom stereocenters. The van der Waals surface area contributed by atoms with E-state index in [0.717, 1.165) is 31.7 Å². The molecular formula is C14H21N3O2. The normalized spacial score (nSPS) is 16.4. The second kappa shape index (κ2) is 6.12. The number of likely N-dealkylation sites (N-methyl/N-ethyl adjacent to an activating group) is 1. The zero-order valence-electron chi connectivity index (χ0n) is 11.6. The minimum atomic E-state index is 0.0214. The first-order valence-corrected chi connectivity index (χ1v) is 6.56. The highest BCUT2D eigenvalue weighted by Gasteiger charge is 2.46. The second-order valence-corrected chi connectivity index (χ2v) is 5.12. The third-order valence-corrected chi connectivity index (χ3v) is 3.67. The summed E-state index contributed by atoms with van der Waals surface area (Å²) in [6.45, 7) is 1.49. The van der Waals surface area contributed by atoms with Crippen molar-refractivity contribution < 1.29 is 9.53 Å². The Labute approximate surface area is 114 Å². The van der Waals surface area contributed by atoms with Gasteiger partial charge in [0.2, 0.25) is 5.91 Å². The average molecular weight is 263 g/mol. The van der Waals surface area contributed by atoms with Crippen molar-refractivity contribution in [1.29, 1.82) is 0 Å². The summed E-state index contributed by atoms with van der Waals surface area (Å²) >= 11 is 0. The first-order valence-electron chi connectivity index (χ1n) is 6.56. The van der Waals surface area contributed by atoms with E-state index in [1.54, 1.807) is 25.6 Å². The molecule has 0 aliphatic heterocycles. The van der Waals surface area contributed by atoms with Gasteiger partial charge in [-0.05, 0) is 32.0 Å². The van der Waals surface area contributed by atoms with Crippen LogP contribution in [-0.4, -0.2) is 48.6 Å². The lowest BCUT2D eigenvalue weighted by Gasteiger charge is -2.27. The molecule has 1 aliphatic carbocycles. The van der Waals surface area contributed by atoms with E-state index in [2.05, 4.69) is 22.2 Å². The van der Waals surface area contributed by atoms with Crippen molar-refractivity contribution in [3.8, 4) is 0 Å². The first-order chi connectivity index (χ1) is 9.16. The molecule has 5 heteroatoms. The molecule has 1 N–H and O–H groups in total. The Bertz CT molecular complexity index is 418.